The number of nitrogen functional groups attached to an aromatic ring is 1. The summed E-state index contributed by atoms with van der Waals surface area (Å²) in [5.74, 6) is 0.135. The van der Waals surface area contributed by atoms with Gasteiger partial charge in [-0.05, 0) is 17.5 Å². The summed E-state index contributed by atoms with van der Waals surface area (Å²) in [6, 6.07) is 11.6. The Kier molecular flexibility index (Phi) is 6.61. The number of ether oxygens (including phenoxy) is 1. The van der Waals surface area contributed by atoms with E-state index in [2.05, 4.69) is 15.4 Å². The molecule has 0 saturated carbocycles. The Morgan fingerprint density at radius 1 is 1.21 bits per heavy atom. The number of hydrogen-bond acceptors (Lipinski definition) is 5. The zero-order valence-corrected chi connectivity index (χ0v) is 17.0. The molecule has 0 unspecified atom stereocenters. The molecule has 0 aliphatic carbocycles. The van der Waals surface area contributed by atoms with Crippen molar-refractivity contribution in [1.29, 1.82) is 0 Å². The number of nitrogens with zero attached hydrogens (tertiary/aromatic N) is 3. The summed E-state index contributed by atoms with van der Waals surface area (Å²) >= 11 is 0. The number of nitrogens with two attached hydrogens (primary N) is 1. The Morgan fingerprint density at radius 2 is 1.97 bits per heavy atom. The van der Waals surface area contributed by atoms with Crippen LogP contribution in [-0.4, -0.2) is 33.3 Å². The van der Waals surface area contributed by atoms with E-state index in [-0.39, 0.29) is 23.7 Å². The van der Waals surface area contributed by atoms with Crippen molar-refractivity contribution in [2.45, 2.75) is 26.5 Å². The molecule has 1 aromatic carbocycles. The lowest BCUT2D eigenvalue weighted by molar-refractivity contribution is 0.0724. The molecular formula is C22H27N5O2. The number of benzene rings is 1. The average Bonchev–Trinajstić information content (AvgIpc) is 3.14. The van der Waals surface area contributed by atoms with Crippen molar-refractivity contribution >= 4 is 11.7 Å². The summed E-state index contributed by atoms with van der Waals surface area (Å²) < 4.78 is 7.53. The monoisotopic (exact) mass is 393 g/mol. The molecule has 3 rings (SSSR count). The van der Waals surface area contributed by atoms with Crippen LogP contribution in [0.25, 0.3) is 11.1 Å². The van der Waals surface area contributed by atoms with Gasteiger partial charge in [0, 0.05) is 30.6 Å². The predicted octanol–water partition coefficient (Wildman–Crippen LogP) is 3.04. The molecule has 0 aliphatic heterocycles. The largest absolute Gasteiger partial charge is 0.383 e. The van der Waals surface area contributed by atoms with Crippen LogP contribution in [0.5, 0.6) is 0 Å². The molecule has 7 nitrogen and oxygen atoms in total. The third-order valence-corrected chi connectivity index (χ3v) is 4.73. The molecule has 2 aromatic heterocycles. The van der Waals surface area contributed by atoms with Crippen molar-refractivity contribution in [3.8, 4) is 11.1 Å². The molecule has 1 amide bonds. The van der Waals surface area contributed by atoms with Crippen LogP contribution in [0, 0.1) is 5.92 Å². The topological polar surface area (TPSA) is 95.1 Å². The predicted molar refractivity (Wildman–Crippen MR) is 113 cm³/mol. The van der Waals surface area contributed by atoms with Crippen LogP contribution in [0.3, 0.4) is 0 Å². The number of rotatable bonds is 8. The lowest BCUT2D eigenvalue weighted by Crippen LogP contribution is -2.42. The second-order valence-corrected chi connectivity index (χ2v) is 7.38. The number of nitrogens with one attached hydrogen (secondary N) is 1. The molecule has 0 bridgehead atoms. The molecule has 3 N–H and O–H groups in total. The SMILES string of the molecule is CC(C)[C@H](COCc1ccccc1)NC(=O)c1cc(-c2cnn(C)c2)cnc1N. The number of aryl methyl sites for hydroxylation is 1. The van der Waals surface area contributed by atoms with Crippen LogP contribution < -0.4 is 11.1 Å². The van der Waals surface area contributed by atoms with E-state index in [0.29, 0.717) is 18.8 Å². The summed E-state index contributed by atoms with van der Waals surface area (Å²) in [6.07, 6.45) is 5.23. The van der Waals surface area contributed by atoms with Crippen LogP contribution >= 0.6 is 0 Å². The van der Waals surface area contributed by atoms with E-state index in [1.807, 2.05) is 57.4 Å². The smallest absolute Gasteiger partial charge is 0.255 e. The van der Waals surface area contributed by atoms with Crippen molar-refractivity contribution in [3.05, 3.63) is 66.1 Å². The maximum Gasteiger partial charge on any atom is 0.255 e. The van der Waals surface area contributed by atoms with Crippen molar-refractivity contribution < 1.29 is 9.53 Å². The molecule has 152 valence electrons. The van der Waals surface area contributed by atoms with Crippen molar-refractivity contribution in [1.82, 2.24) is 20.1 Å². The second-order valence-electron chi connectivity index (χ2n) is 7.38. The highest BCUT2D eigenvalue weighted by Crippen LogP contribution is 2.21. The fourth-order valence-corrected chi connectivity index (χ4v) is 2.91. The molecule has 3 aromatic rings. The standard InChI is InChI=1S/C22H27N5O2/c1-15(2)20(14-29-13-16-7-5-4-6-8-16)26-22(28)19-9-17(10-24-21(19)23)18-11-25-27(3)12-18/h4-12,15,20H,13-14H2,1-3H3,(H2,23,24)(H,26,28)/t20-/m0/s1. The van der Waals surface area contributed by atoms with Gasteiger partial charge in [0.2, 0.25) is 0 Å². The van der Waals surface area contributed by atoms with Crippen LogP contribution in [0.1, 0.15) is 29.8 Å². The fraction of sp³-hybridized carbons (Fsp3) is 0.318. The Bertz CT molecular complexity index is 953. The molecule has 0 spiro atoms. The zero-order valence-electron chi connectivity index (χ0n) is 17.0. The van der Waals surface area contributed by atoms with E-state index in [1.54, 1.807) is 23.1 Å². The summed E-state index contributed by atoms with van der Waals surface area (Å²) in [5, 5.41) is 7.20. The molecule has 2 heterocycles. The van der Waals surface area contributed by atoms with Gasteiger partial charge in [-0.1, -0.05) is 44.2 Å². The molecule has 0 radical (unpaired) electrons. The van der Waals surface area contributed by atoms with Gasteiger partial charge in [0.15, 0.2) is 0 Å². The molecular weight excluding hydrogens is 366 g/mol. The second kappa shape index (κ2) is 9.34. The Hall–Kier alpha value is -3.19. The van der Waals surface area contributed by atoms with Crippen LogP contribution in [-0.2, 0) is 18.4 Å². The first-order valence-electron chi connectivity index (χ1n) is 9.61. The van der Waals surface area contributed by atoms with Gasteiger partial charge in [-0.2, -0.15) is 5.10 Å². The highest BCUT2D eigenvalue weighted by Gasteiger charge is 2.20. The minimum atomic E-state index is -0.261. The highest BCUT2D eigenvalue weighted by molar-refractivity contribution is 5.99. The maximum absolute atomic E-state index is 12.9. The number of carbonyl (C=O) groups is 1. The number of pyridine rings is 1. The molecule has 0 fully saturated rings. The normalized spacial score (nSPS) is 12.1. The quantitative estimate of drug-likeness (QED) is 0.613. The Morgan fingerprint density at radius 3 is 2.62 bits per heavy atom. The summed E-state index contributed by atoms with van der Waals surface area (Å²) in [4.78, 5) is 17.1. The van der Waals surface area contributed by atoms with Crippen molar-refractivity contribution in [2.75, 3.05) is 12.3 Å². The van der Waals surface area contributed by atoms with Gasteiger partial charge in [0.25, 0.3) is 5.91 Å². The third-order valence-electron chi connectivity index (χ3n) is 4.73. The van der Waals surface area contributed by atoms with Gasteiger partial charge in [-0.3, -0.25) is 9.48 Å². The van der Waals surface area contributed by atoms with Crippen LogP contribution in [0.4, 0.5) is 5.82 Å². The number of aromatic nitrogens is 3. The number of hydrogen-bond donors (Lipinski definition) is 2. The lowest BCUT2D eigenvalue weighted by atomic mass is 10.0. The molecule has 29 heavy (non-hydrogen) atoms. The first-order chi connectivity index (χ1) is 13.9. The van der Waals surface area contributed by atoms with E-state index in [1.165, 1.54) is 0 Å². The molecule has 0 saturated heterocycles. The van der Waals surface area contributed by atoms with E-state index < -0.39 is 0 Å². The Balaban J connectivity index is 1.67. The lowest BCUT2D eigenvalue weighted by Gasteiger charge is -2.23. The Labute approximate surface area is 170 Å². The fourth-order valence-electron chi connectivity index (χ4n) is 2.91. The van der Waals surface area contributed by atoms with Gasteiger partial charge in [-0.25, -0.2) is 4.98 Å². The van der Waals surface area contributed by atoms with Crippen LogP contribution in [0.15, 0.2) is 55.0 Å². The van der Waals surface area contributed by atoms with E-state index in [9.17, 15) is 4.79 Å². The first kappa shape index (κ1) is 20.5. The van der Waals surface area contributed by atoms with Gasteiger partial charge in [-0.15, -0.1) is 0 Å². The first-order valence-corrected chi connectivity index (χ1v) is 9.61. The molecule has 7 heteroatoms. The van der Waals surface area contributed by atoms with Gasteiger partial charge >= 0.3 is 0 Å². The van der Waals surface area contributed by atoms with Crippen LogP contribution in [0.2, 0.25) is 0 Å². The highest BCUT2D eigenvalue weighted by atomic mass is 16.5. The van der Waals surface area contributed by atoms with E-state index >= 15 is 0 Å². The maximum atomic E-state index is 12.9. The minimum absolute atomic E-state index is 0.146. The molecule has 0 aliphatic rings. The minimum Gasteiger partial charge on any atom is -0.383 e. The van der Waals surface area contributed by atoms with Crippen molar-refractivity contribution in [3.63, 3.8) is 0 Å². The van der Waals surface area contributed by atoms with Gasteiger partial charge in [0.1, 0.15) is 5.82 Å². The summed E-state index contributed by atoms with van der Waals surface area (Å²) in [7, 11) is 1.84. The third kappa shape index (κ3) is 5.42. The number of amides is 1. The van der Waals surface area contributed by atoms with Crippen molar-refractivity contribution in [2.24, 2.45) is 13.0 Å². The van der Waals surface area contributed by atoms with E-state index in [0.717, 1.165) is 16.7 Å². The van der Waals surface area contributed by atoms with E-state index in [4.69, 9.17) is 10.5 Å². The summed E-state index contributed by atoms with van der Waals surface area (Å²) in [6.45, 7) is 5.00. The van der Waals surface area contributed by atoms with Gasteiger partial charge in [0.05, 0.1) is 31.0 Å². The number of anilines is 1. The van der Waals surface area contributed by atoms with Gasteiger partial charge < -0.3 is 15.8 Å². The molecule has 1 atom stereocenters. The average molecular weight is 393 g/mol. The summed E-state index contributed by atoms with van der Waals surface area (Å²) in [5.41, 5.74) is 9.09. The zero-order chi connectivity index (χ0) is 20.8. The number of carbonyl (C=O) groups excluding carboxylic acids is 1.